The zero-order chi connectivity index (χ0) is 12.3. The van der Waals surface area contributed by atoms with Crippen LogP contribution in [0.2, 0.25) is 0 Å². The first-order chi connectivity index (χ1) is 8.11. The van der Waals surface area contributed by atoms with Crippen LogP contribution in [0.3, 0.4) is 0 Å². The van der Waals surface area contributed by atoms with Gasteiger partial charge in [0.05, 0.1) is 24.4 Å². The molecular weight excluding hydrogens is 214 g/mol. The Balaban J connectivity index is 1.74. The molecule has 1 aliphatic carbocycles. The molecule has 0 aromatic carbocycles. The fourth-order valence-electron chi connectivity index (χ4n) is 3.05. The summed E-state index contributed by atoms with van der Waals surface area (Å²) in [5.41, 5.74) is 0.0585. The average Bonchev–Trinajstić information content (AvgIpc) is 2.67. The lowest BCUT2D eigenvalue weighted by Gasteiger charge is -2.32. The van der Waals surface area contributed by atoms with Crippen molar-refractivity contribution in [2.24, 2.45) is 0 Å². The lowest BCUT2D eigenvalue weighted by Crippen LogP contribution is -2.42. The summed E-state index contributed by atoms with van der Waals surface area (Å²) < 4.78 is 12.0. The van der Waals surface area contributed by atoms with E-state index in [0.717, 1.165) is 19.4 Å². The molecule has 0 bridgehead atoms. The van der Waals surface area contributed by atoms with Crippen LogP contribution in [0.15, 0.2) is 0 Å². The maximum atomic E-state index is 6.08. The predicted molar refractivity (Wildman–Crippen MR) is 69.2 cm³/mol. The molecule has 0 aromatic rings. The summed E-state index contributed by atoms with van der Waals surface area (Å²) in [6, 6.07) is 0.540. The third-order valence-corrected chi connectivity index (χ3v) is 4.12. The van der Waals surface area contributed by atoms with E-state index in [1.165, 1.54) is 25.7 Å². The van der Waals surface area contributed by atoms with Gasteiger partial charge in [0.1, 0.15) is 0 Å². The molecule has 1 aliphatic heterocycles. The first-order valence-electron chi connectivity index (χ1n) is 7.07. The highest BCUT2D eigenvalue weighted by Crippen LogP contribution is 2.30. The Bertz CT molecular complexity index is 242. The molecule has 1 saturated heterocycles. The molecule has 3 nitrogen and oxygen atoms in total. The highest BCUT2D eigenvalue weighted by atomic mass is 16.6. The summed E-state index contributed by atoms with van der Waals surface area (Å²) in [4.78, 5) is 0. The van der Waals surface area contributed by atoms with E-state index in [9.17, 15) is 0 Å². The van der Waals surface area contributed by atoms with E-state index in [4.69, 9.17) is 9.47 Å². The molecule has 17 heavy (non-hydrogen) atoms. The number of hydrogen-bond donors (Lipinski definition) is 1. The van der Waals surface area contributed by atoms with Gasteiger partial charge in [-0.15, -0.1) is 0 Å². The van der Waals surface area contributed by atoms with Crippen molar-refractivity contribution in [3.05, 3.63) is 0 Å². The molecule has 0 amide bonds. The smallest absolute Gasteiger partial charge is 0.0817 e. The Labute approximate surface area is 105 Å². The lowest BCUT2D eigenvalue weighted by atomic mass is 9.92. The summed E-state index contributed by atoms with van der Waals surface area (Å²) in [5, 5.41) is 3.38. The van der Waals surface area contributed by atoms with Gasteiger partial charge in [-0.1, -0.05) is 12.8 Å². The SMILES string of the molecule is CNC1CCCCC1OCC1CCC(C)(C)O1. The van der Waals surface area contributed by atoms with Gasteiger partial charge >= 0.3 is 0 Å². The molecule has 1 heterocycles. The number of rotatable bonds is 4. The molecule has 1 N–H and O–H groups in total. The summed E-state index contributed by atoms with van der Waals surface area (Å²) >= 11 is 0. The summed E-state index contributed by atoms with van der Waals surface area (Å²) in [5.74, 6) is 0. The van der Waals surface area contributed by atoms with E-state index in [1.54, 1.807) is 0 Å². The molecule has 1 saturated carbocycles. The van der Waals surface area contributed by atoms with Crippen molar-refractivity contribution >= 4 is 0 Å². The van der Waals surface area contributed by atoms with Gasteiger partial charge in [0.15, 0.2) is 0 Å². The van der Waals surface area contributed by atoms with Crippen LogP contribution in [0.1, 0.15) is 52.4 Å². The Morgan fingerprint density at radius 3 is 2.65 bits per heavy atom. The molecule has 3 unspecified atom stereocenters. The molecule has 2 fully saturated rings. The number of likely N-dealkylation sites (N-methyl/N-ethyl adjacent to an activating group) is 1. The van der Waals surface area contributed by atoms with Crippen LogP contribution in [0, 0.1) is 0 Å². The van der Waals surface area contributed by atoms with E-state index in [-0.39, 0.29) is 5.60 Å². The predicted octanol–water partition coefficient (Wildman–Crippen LogP) is 2.49. The van der Waals surface area contributed by atoms with Crippen LogP contribution < -0.4 is 5.32 Å². The van der Waals surface area contributed by atoms with Gasteiger partial charge in [-0.2, -0.15) is 0 Å². The van der Waals surface area contributed by atoms with Crippen molar-refractivity contribution in [3.63, 3.8) is 0 Å². The standard InChI is InChI=1S/C14H27NO2/c1-14(2)9-8-11(17-14)10-16-13-7-5-4-6-12(13)15-3/h11-13,15H,4-10H2,1-3H3. The van der Waals surface area contributed by atoms with Gasteiger partial charge in [0, 0.05) is 6.04 Å². The van der Waals surface area contributed by atoms with E-state index >= 15 is 0 Å². The van der Waals surface area contributed by atoms with Crippen molar-refractivity contribution in [1.29, 1.82) is 0 Å². The van der Waals surface area contributed by atoms with E-state index < -0.39 is 0 Å². The molecule has 2 rings (SSSR count). The highest BCUT2D eigenvalue weighted by Gasteiger charge is 2.33. The Morgan fingerprint density at radius 1 is 1.24 bits per heavy atom. The van der Waals surface area contributed by atoms with Gasteiger partial charge in [-0.3, -0.25) is 0 Å². The fraction of sp³-hybridized carbons (Fsp3) is 1.00. The van der Waals surface area contributed by atoms with Gasteiger partial charge < -0.3 is 14.8 Å². The van der Waals surface area contributed by atoms with Crippen LogP contribution >= 0.6 is 0 Å². The third-order valence-electron chi connectivity index (χ3n) is 4.12. The molecule has 2 aliphatic rings. The van der Waals surface area contributed by atoms with E-state index in [1.807, 2.05) is 7.05 Å². The van der Waals surface area contributed by atoms with Crippen molar-refractivity contribution in [1.82, 2.24) is 5.32 Å². The van der Waals surface area contributed by atoms with Crippen LogP contribution in [0.5, 0.6) is 0 Å². The summed E-state index contributed by atoms with van der Waals surface area (Å²) in [7, 11) is 2.04. The largest absolute Gasteiger partial charge is 0.374 e. The fourth-order valence-corrected chi connectivity index (χ4v) is 3.05. The first-order valence-corrected chi connectivity index (χ1v) is 7.07. The molecule has 3 heteroatoms. The molecule has 0 radical (unpaired) electrons. The highest BCUT2D eigenvalue weighted by molar-refractivity contribution is 4.83. The Hall–Kier alpha value is -0.120. The third kappa shape index (κ3) is 3.67. The minimum Gasteiger partial charge on any atom is -0.374 e. The van der Waals surface area contributed by atoms with Crippen LogP contribution in [0.4, 0.5) is 0 Å². The topological polar surface area (TPSA) is 30.5 Å². The van der Waals surface area contributed by atoms with Gasteiger partial charge in [0.25, 0.3) is 0 Å². The number of hydrogen-bond acceptors (Lipinski definition) is 3. The first kappa shape index (κ1) is 13.3. The quantitative estimate of drug-likeness (QED) is 0.820. The van der Waals surface area contributed by atoms with Crippen molar-refractivity contribution in [3.8, 4) is 0 Å². The normalized spacial score (nSPS) is 37.2. The number of nitrogens with one attached hydrogen (secondary N) is 1. The monoisotopic (exact) mass is 241 g/mol. The minimum atomic E-state index is 0.0585. The van der Waals surface area contributed by atoms with Crippen molar-refractivity contribution in [2.75, 3.05) is 13.7 Å². The second kappa shape index (κ2) is 5.68. The van der Waals surface area contributed by atoms with Crippen LogP contribution in [-0.4, -0.2) is 37.5 Å². The maximum Gasteiger partial charge on any atom is 0.0817 e. The number of ether oxygens (including phenoxy) is 2. The van der Waals surface area contributed by atoms with Gasteiger partial charge in [0.2, 0.25) is 0 Å². The molecule has 0 spiro atoms. The van der Waals surface area contributed by atoms with E-state index in [2.05, 4.69) is 19.2 Å². The van der Waals surface area contributed by atoms with Gasteiger partial charge in [-0.05, 0) is 46.6 Å². The zero-order valence-corrected chi connectivity index (χ0v) is 11.5. The van der Waals surface area contributed by atoms with Crippen molar-refractivity contribution < 1.29 is 9.47 Å². The summed E-state index contributed by atoms with van der Waals surface area (Å²) in [6.45, 7) is 5.11. The lowest BCUT2D eigenvalue weighted by molar-refractivity contribution is -0.0815. The molecular formula is C14H27NO2. The average molecular weight is 241 g/mol. The second-order valence-corrected chi connectivity index (χ2v) is 6.09. The maximum absolute atomic E-state index is 6.08. The minimum absolute atomic E-state index is 0.0585. The Morgan fingerprint density at radius 2 is 2.00 bits per heavy atom. The van der Waals surface area contributed by atoms with Gasteiger partial charge in [-0.25, -0.2) is 0 Å². The zero-order valence-electron chi connectivity index (χ0n) is 11.5. The second-order valence-electron chi connectivity index (χ2n) is 6.09. The summed E-state index contributed by atoms with van der Waals surface area (Å²) in [6.07, 6.45) is 8.08. The van der Waals surface area contributed by atoms with Crippen molar-refractivity contribution in [2.45, 2.75) is 76.2 Å². The molecule has 0 aromatic heterocycles. The van der Waals surface area contributed by atoms with E-state index in [0.29, 0.717) is 18.2 Å². The Kier molecular flexibility index (Phi) is 4.45. The van der Waals surface area contributed by atoms with Crippen LogP contribution in [-0.2, 0) is 9.47 Å². The molecule has 100 valence electrons. The molecule has 3 atom stereocenters. The van der Waals surface area contributed by atoms with Crippen LogP contribution in [0.25, 0.3) is 0 Å².